The molecule has 0 aliphatic rings. The Balaban J connectivity index is 1.66. The van der Waals surface area contributed by atoms with Gasteiger partial charge in [0, 0.05) is 17.1 Å². The number of fused-ring (bicyclic) bond motifs is 1. The van der Waals surface area contributed by atoms with Gasteiger partial charge in [-0.25, -0.2) is 0 Å². The number of nitrogens with zero attached hydrogens (tertiary/aromatic N) is 1. The first-order valence-electron chi connectivity index (χ1n) is 7.66. The minimum Gasteiger partial charge on any atom is -0.325 e. The molecular formula is C19H20N2OS. The molecule has 1 aromatic heterocycles. The van der Waals surface area contributed by atoms with E-state index < -0.39 is 0 Å². The number of hydrogen-bond donors (Lipinski definition) is 1. The Hall–Kier alpha value is -2.17. The Morgan fingerprint density at radius 3 is 2.65 bits per heavy atom. The summed E-state index contributed by atoms with van der Waals surface area (Å²) < 4.78 is 0. The van der Waals surface area contributed by atoms with Gasteiger partial charge in [-0.15, -0.1) is 11.3 Å². The summed E-state index contributed by atoms with van der Waals surface area (Å²) in [5.41, 5.74) is 0.838. The number of hydrogen-bond acceptors (Lipinski definition) is 3. The van der Waals surface area contributed by atoms with Gasteiger partial charge in [-0.1, -0.05) is 36.4 Å². The highest BCUT2D eigenvalue weighted by Crippen LogP contribution is 2.19. The number of likely N-dealkylation sites (N-methyl/N-ethyl adjacent to an activating group) is 1. The number of rotatable bonds is 5. The highest BCUT2D eigenvalue weighted by atomic mass is 32.1. The van der Waals surface area contributed by atoms with Crippen molar-refractivity contribution in [2.75, 3.05) is 12.4 Å². The molecule has 1 atom stereocenters. The molecular weight excluding hydrogens is 304 g/mol. The van der Waals surface area contributed by atoms with Crippen molar-refractivity contribution in [3.63, 3.8) is 0 Å². The molecule has 118 valence electrons. The van der Waals surface area contributed by atoms with E-state index in [0.29, 0.717) is 0 Å². The van der Waals surface area contributed by atoms with Gasteiger partial charge in [0.2, 0.25) is 5.91 Å². The number of thiophene rings is 1. The van der Waals surface area contributed by atoms with Crippen LogP contribution in [0.3, 0.4) is 0 Å². The van der Waals surface area contributed by atoms with Gasteiger partial charge in [-0.05, 0) is 48.3 Å². The Morgan fingerprint density at radius 2 is 1.91 bits per heavy atom. The molecule has 0 saturated carbocycles. The standard InChI is InChI=1S/C19H20N2OS/c1-14(21(2)13-18-8-5-11-23-18)19(22)20-17-10-9-15-6-3-4-7-16(15)12-17/h3-12,14H,13H2,1-2H3,(H,20,22)/t14-/m1/s1. The van der Waals surface area contributed by atoms with Crippen LogP contribution in [0.25, 0.3) is 10.8 Å². The van der Waals surface area contributed by atoms with Gasteiger partial charge < -0.3 is 5.32 Å². The van der Waals surface area contributed by atoms with E-state index in [1.54, 1.807) is 11.3 Å². The molecule has 0 radical (unpaired) electrons. The second kappa shape index (κ2) is 6.94. The lowest BCUT2D eigenvalue weighted by Crippen LogP contribution is -2.39. The summed E-state index contributed by atoms with van der Waals surface area (Å²) >= 11 is 1.71. The van der Waals surface area contributed by atoms with Crippen molar-refractivity contribution in [1.29, 1.82) is 0 Å². The summed E-state index contributed by atoms with van der Waals surface area (Å²) in [6.45, 7) is 2.72. The molecule has 1 N–H and O–H groups in total. The maximum Gasteiger partial charge on any atom is 0.241 e. The van der Waals surface area contributed by atoms with Gasteiger partial charge in [-0.3, -0.25) is 9.69 Å². The second-order valence-corrected chi connectivity index (χ2v) is 6.75. The first kappa shape index (κ1) is 15.7. The summed E-state index contributed by atoms with van der Waals surface area (Å²) in [6.07, 6.45) is 0. The highest BCUT2D eigenvalue weighted by Gasteiger charge is 2.18. The van der Waals surface area contributed by atoms with Gasteiger partial charge in [0.05, 0.1) is 6.04 Å². The number of benzene rings is 2. The molecule has 0 aliphatic carbocycles. The van der Waals surface area contributed by atoms with Crippen LogP contribution in [0.15, 0.2) is 60.0 Å². The van der Waals surface area contributed by atoms with E-state index in [0.717, 1.165) is 17.6 Å². The zero-order chi connectivity index (χ0) is 16.2. The van der Waals surface area contributed by atoms with E-state index in [-0.39, 0.29) is 11.9 Å². The lowest BCUT2D eigenvalue weighted by atomic mass is 10.1. The largest absolute Gasteiger partial charge is 0.325 e. The Kier molecular flexibility index (Phi) is 4.74. The molecule has 0 bridgehead atoms. The molecule has 0 aliphatic heterocycles. The molecule has 0 unspecified atom stereocenters. The number of carbonyl (C=O) groups excluding carboxylic acids is 1. The molecule has 1 heterocycles. The lowest BCUT2D eigenvalue weighted by molar-refractivity contribution is -0.120. The fraction of sp³-hybridized carbons (Fsp3) is 0.211. The van der Waals surface area contributed by atoms with E-state index in [9.17, 15) is 4.79 Å². The van der Waals surface area contributed by atoms with Crippen LogP contribution in [0.2, 0.25) is 0 Å². The SMILES string of the molecule is C[C@H](C(=O)Nc1ccc2ccccc2c1)N(C)Cc1cccs1. The van der Waals surface area contributed by atoms with Gasteiger partial charge in [0.1, 0.15) is 0 Å². The van der Waals surface area contributed by atoms with E-state index in [2.05, 4.69) is 33.8 Å². The van der Waals surface area contributed by atoms with Crippen LogP contribution in [0.5, 0.6) is 0 Å². The molecule has 0 fully saturated rings. The molecule has 0 spiro atoms. The second-order valence-electron chi connectivity index (χ2n) is 5.72. The van der Waals surface area contributed by atoms with Crippen molar-refractivity contribution in [2.45, 2.75) is 19.5 Å². The summed E-state index contributed by atoms with van der Waals surface area (Å²) in [7, 11) is 1.98. The predicted molar refractivity (Wildman–Crippen MR) is 97.8 cm³/mol. The Bertz CT molecular complexity index is 798. The monoisotopic (exact) mass is 324 g/mol. The minimum absolute atomic E-state index is 0.0133. The summed E-state index contributed by atoms with van der Waals surface area (Å²) in [5.74, 6) is 0.0133. The zero-order valence-corrected chi connectivity index (χ0v) is 14.1. The van der Waals surface area contributed by atoms with Crippen molar-refractivity contribution in [1.82, 2.24) is 4.90 Å². The van der Waals surface area contributed by atoms with E-state index in [1.165, 1.54) is 10.3 Å². The van der Waals surface area contributed by atoms with Crippen LogP contribution in [0, 0.1) is 0 Å². The number of amides is 1. The maximum absolute atomic E-state index is 12.5. The van der Waals surface area contributed by atoms with Gasteiger partial charge in [0.25, 0.3) is 0 Å². The van der Waals surface area contributed by atoms with Gasteiger partial charge in [0.15, 0.2) is 0 Å². The van der Waals surface area contributed by atoms with Crippen molar-refractivity contribution < 1.29 is 4.79 Å². The molecule has 2 aromatic carbocycles. The third-order valence-corrected chi connectivity index (χ3v) is 4.90. The number of anilines is 1. The van der Waals surface area contributed by atoms with E-state index in [1.807, 2.05) is 50.4 Å². The number of nitrogens with one attached hydrogen (secondary N) is 1. The first-order chi connectivity index (χ1) is 11.1. The highest BCUT2D eigenvalue weighted by molar-refractivity contribution is 7.09. The summed E-state index contributed by atoms with van der Waals surface area (Å²) in [6, 6.07) is 18.1. The quantitative estimate of drug-likeness (QED) is 0.756. The van der Waals surface area contributed by atoms with Gasteiger partial charge >= 0.3 is 0 Å². The predicted octanol–water partition coefficient (Wildman–Crippen LogP) is 4.36. The summed E-state index contributed by atoms with van der Waals surface area (Å²) in [5, 5.41) is 7.38. The normalized spacial score (nSPS) is 12.5. The molecule has 3 rings (SSSR count). The zero-order valence-electron chi connectivity index (χ0n) is 13.3. The van der Waals surface area contributed by atoms with Crippen molar-refractivity contribution in [3.8, 4) is 0 Å². The smallest absolute Gasteiger partial charge is 0.241 e. The molecule has 4 heteroatoms. The molecule has 0 saturated heterocycles. The average molecular weight is 324 g/mol. The topological polar surface area (TPSA) is 32.3 Å². The van der Waals surface area contributed by atoms with E-state index >= 15 is 0 Å². The maximum atomic E-state index is 12.5. The van der Waals surface area contributed by atoms with Crippen LogP contribution in [-0.2, 0) is 11.3 Å². The number of carbonyl (C=O) groups is 1. The van der Waals surface area contributed by atoms with Crippen LogP contribution < -0.4 is 5.32 Å². The molecule has 3 nitrogen and oxygen atoms in total. The van der Waals surface area contributed by atoms with Gasteiger partial charge in [-0.2, -0.15) is 0 Å². The lowest BCUT2D eigenvalue weighted by Gasteiger charge is -2.23. The van der Waals surface area contributed by atoms with Crippen LogP contribution in [0.4, 0.5) is 5.69 Å². The molecule has 1 amide bonds. The third kappa shape index (κ3) is 3.78. The molecule has 23 heavy (non-hydrogen) atoms. The minimum atomic E-state index is -0.191. The first-order valence-corrected chi connectivity index (χ1v) is 8.54. The van der Waals surface area contributed by atoms with Crippen LogP contribution in [0.1, 0.15) is 11.8 Å². The van der Waals surface area contributed by atoms with Crippen LogP contribution in [-0.4, -0.2) is 23.9 Å². The fourth-order valence-electron chi connectivity index (χ4n) is 2.50. The van der Waals surface area contributed by atoms with Crippen LogP contribution >= 0.6 is 11.3 Å². The third-order valence-electron chi connectivity index (χ3n) is 4.04. The van der Waals surface area contributed by atoms with Crippen molar-refractivity contribution >= 4 is 33.7 Å². The van der Waals surface area contributed by atoms with Crippen molar-refractivity contribution in [2.24, 2.45) is 0 Å². The Labute approximate surface area is 140 Å². The van der Waals surface area contributed by atoms with E-state index in [4.69, 9.17) is 0 Å². The van der Waals surface area contributed by atoms with Crippen molar-refractivity contribution in [3.05, 3.63) is 64.9 Å². The Morgan fingerprint density at radius 1 is 1.13 bits per heavy atom. The molecule has 3 aromatic rings. The fourth-order valence-corrected chi connectivity index (χ4v) is 3.27. The summed E-state index contributed by atoms with van der Waals surface area (Å²) in [4.78, 5) is 15.8. The average Bonchev–Trinajstić information content (AvgIpc) is 3.07.